The number of carbonyl (C=O) groups is 1. The number of phosphoric ester groups is 1. The van der Waals surface area contributed by atoms with Crippen LogP contribution in [0.2, 0.25) is 0 Å². The lowest BCUT2D eigenvalue weighted by molar-refractivity contribution is -0.154. The molecule has 0 spiro atoms. The van der Waals surface area contributed by atoms with E-state index in [1.165, 1.54) is 51.4 Å². The molecule has 0 amide bonds. The van der Waals surface area contributed by atoms with E-state index in [0.717, 1.165) is 70.6 Å². The van der Waals surface area contributed by atoms with E-state index < -0.39 is 13.9 Å². The van der Waals surface area contributed by atoms with Gasteiger partial charge in [0.1, 0.15) is 6.10 Å². The molecule has 8 nitrogen and oxygen atoms in total. The van der Waals surface area contributed by atoms with Crippen molar-refractivity contribution in [2.75, 3.05) is 33.0 Å². The van der Waals surface area contributed by atoms with Crippen molar-refractivity contribution in [2.24, 2.45) is 5.73 Å². The first-order valence-electron chi connectivity index (χ1n) is 19.9. The Labute approximate surface area is 312 Å². The van der Waals surface area contributed by atoms with Gasteiger partial charge in [-0.3, -0.25) is 13.8 Å². The predicted molar refractivity (Wildman–Crippen MR) is 215 cm³/mol. The fourth-order valence-electron chi connectivity index (χ4n) is 4.96. The molecule has 0 bridgehead atoms. The molecule has 0 aliphatic carbocycles. The molecular formula is C42H74NO7P. The summed E-state index contributed by atoms with van der Waals surface area (Å²) < 4.78 is 33.3. The lowest BCUT2D eigenvalue weighted by Crippen LogP contribution is -2.28. The highest BCUT2D eigenvalue weighted by atomic mass is 31.2. The minimum absolute atomic E-state index is 0.0879. The van der Waals surface area contributed by atoms with Gasteiger partial charge in [-0.05, 0) is 83.5 Å². The average molecular weight is 736 g/mol. The molecule has 0 heterocycles. The van der Waals surface area contributed by atoms with Gasteiger partial charge in [-0.25, -0.2) is 4.57 Å². The molecule has 0 aromatic heterocycles. The van der Waals surface area contributed by atoms with E-state index >= 15 is 0 Å². The van der Waals surface area contributed by atoms with Crippen LogP contribution < -0.4 is 5.73 Å². The first-order chi connectivity index (χ1) is 24.9. The van der Waals surface area contributed by atoms with Crippen molar-refractivity contribution in [3.05, 3.63) is 72.9 Å². The number of esters is 1. The normalized spacial score (nSPS) is 14.4. The van der Waals surface area contributed by atoms with Crippen molar-refractivity contribution in [1.29, 1.82) is 0 Å². The van der Waals surface area contributed by atoms with Crippen molar-refractivity contribution in [2.45, 2.75) is 155 Å². The number of ether oxygens (including phenoxy) is 2. The summed E-state index contributed by atoms with van der Waals surface area (Å²) in [5, 5.41) is 0. The zero-order chi connectivity index (χ0) is 37.4. The van der Waals surface area contributed by atoms with Gasteiger partial charge in [-0.2, -0.15) is 0 Å². The van der Waals surface area contributed by atoms with E-state index in [-0.39, 0.29) is 38.8 Å². The van der Waals surface area contributed by atoms with Crippen LogP contribution in [0.25, 0.3) is 0 Å². The third-order valence-corrected chi connectivity index (χ3v) is 8.84. The summed E-state index contributed by atoms with van der Waals surface area (Å²) in [6.07, 6.45) is 47.8. The molecule has 2 atom stereocenters. The molecule has 0 fully saturated rings. The number of hydrogen-bond donors (Lipinski definition) is 2. The van der Waals surface area contributed by atoms with Gasteiger partial charge < -0.3 is 20.1 Å². The average Bonchev–Trinajstić information content (AvgIpc) is 3.12. The van der Waals surface area contributed by atoms with Gasteiger partial charge in [0.15, 0.2) is 0 Å². The fourth-order valence-corrected chi connectivity index (χ4v) is 5.72. The van der Waals surface area contributed by atoms with Crippen molar-refractivity contribution in [1.82, 2.24) is 0 Å². The maximum Gasteiger partial charge on any atom is 0.472 e. The Morgan fingerprint density at radius 2 is 1.10 bits per heavy atom. The number of allylic oxidation sites excluding steroid dienone is 12. The van der Waals surface area contributed by atoms with Crippen LogP contribution in [0.1, 0.15) is 149 Å². The molecule has 0 aliphatic heterocycles. The van der Waals surface area contributed by atoms with E-state index in [2.05, 4.69) is 86.8 Å². The van der Waals surface area contributed by atoms with Crippen LogP contribution in [0.4, 0.5) is 0 Å². The smallest absolute Gasteiger partial charge is 0.457 e. The van der Waals surface area contributed by atoms with Gasteiger partial charge >= 0.3 is 13.8 Å². The topological polar surface area (TPSA) is 117 Å². The summed E-state index contributed by atoms with van der Waals surface area (Å²) in [4.78, 5) is 22.4. The second kappa shape index (κ2) is 39.2. The van der Waals surface area contributed by atoms with Crippen molar-refractivity contribution in [3.63, 3.8) is 0 Å². The van der Waals surface area contributed by atoms with E-state index in [1.807, 2.05) is 0 Å². The minimum atomic E-state index is -4.29. The highest BCUT2D eigenvalue weighted by molar-refractivity contribution is 7.47. The largest absolute Gasteiger partial charge is 0.472 e. The Balaban J connectivity index is 4.18. The number of nitrogens with two attached hydrogens (primary N) is 1. The van der Waals surface area contributed by atoms with Gasteiger partial charge in [0.25, 0.3) is 0 Å². The van der Waals surface area contributed by atoms with E-state index in [0.29, 0.717) is 13.0 Å². The fraction of sp³-hybridized carbons (Fsp3) is 0.690. The second-order valence-electron chi connectivity index (χ2n) is 12.8. The molecule has 0 radical (unpaired) electrons. The van der Waals surface area contributed by atoms with Gasteiger partial charge in [0, 0.05) is 19.6 Å². The predicted octanol–water partition coefficient (Wildman–Crippen LogP) is 11.6. The van der Waals surface area contributed by atoms with Crippen molar-refractivity contribution < 1.29 is 32.8 Å². The molecule has 51 heavy (non-hydrogen) atoms. The number of hydrogen-bond acceptors (Lipinski definition) is 7. The number of phosphoric acid groups is 1. The van der Waals surface area contributed by atoms with Crippen molar-refractivity contribution in [3.8, 4) is 0 Å². The first-order valence-corrected chi connectivity index (χ1v) is 21.4. The second-order valence-corrected chi connectivity index (χ2v) is 14.2. The minimum Gasteiger partial charge on any atom is -0.457 e. The Hall–Kier alpha value is -2.06. The Morgan fingerprint density at radius 1 is 0.608 bits per heavy atom. The van der Waals surface area contributed by atoms with Gasteiger partial charge in [-0.15, -0.1) is 0 Å². The van der Waals surface area contributed by atoms with Crippen LogP contribution in [0.3, 0.4) is 0 Å². The third-order valence-electron chi connectivity index (χ3n) is 7.86. The van der Waals surface area contributed by atoms with Crippen LogP contribution in [0.5, 0.6) is 0 Å². The van der Waals surface area contributed by atoms with Crippen LogP contribution in [0.15, 0.2) is 72.9 Å². The first kappa shape index (κ1) is 48.9. The SMILES string of the molecule is CC/C=C\C/C=C\C/C=C\C/C=C\CCCCC(=O)OC(COCCCCCCCC/C=C\C/C=C\CCCCCC)COP(=O)(O)OCCN. The van der Waals surface area contributed by atoms with E-state index in [1.54, 1.807) is 0 Å². The molecule has 0 rings (SSSR count). The van der Waals surface area contributed by atoms with Crippen molar-refractivity contribution >= 4 is 13.8 Å². The monoisotopic (exact) mass is 736 g/mol. The maximum atomic E-state index is 12.5. The molecule has 0 saturated heterocycles. The molecule has 0 aromatic rings. The standard InChI is InChI=1S/C42H74NO7P/c1-3-5-7-9-11-13-15-17-19-20-22-24-26-28-30-32-34-37-47-39-41(40-49-51(45,46)48-38-36-43)50-42(44)35-33-31-29-27-25-23-21-18-16-14-12-10-8-6-4-2/h6,8,12-15,18-21,25,27,41H,3-5,7,9-11,16-17,22-24,26,28-40,43H2,1-2H3,(H,45,46)/b8-6-,14-12-,15-13-,20-19-,21-18-,27-25-. The summed E-state index contributed by atoms with van der Waals surface area (Å²) in [6, 6.07) is 0. The molecule has 2 unspecified atom stereocenters. The highest BCUT2D eigenvalue weighted by Gasteiger charge is 2.25. The molecular weight excluding hydrogens is 661 g/mol. The summed E-state index contributed by atoms with van der Waals surface area (Å²) in [5.74, 6) is -0.378. The van der Waals surface area contributed by atoms with Gasteiger partial charge in [-0.1, -0.05) is 132 Å². The number of rotatable bonds is 37. The number of unbranched alkanes of at least 4 members (excludes halogenated alkanes) is 12. The van der Waals surface area contributed by atoms with Crippen LogP contribution >= 0.6 is 7.82 Å². The third kappa shape index (κ3) is 39.0. The molecule has 9 heteroatoms. The zero-order valence-corrected chi connectivity index (χ0v) is 33.2. The van der Waals surface area contributed by atoms with Crippen LogP contribution in [-0.4, -0.2) is 49.9 Å². The lowest BCUT2D eigenvalue weighted by atomic mass is 10.1. The summed E-state index contributed by atoms with van der Waals surface area (Å²) in [6.45, 7) is 4.68. The Bertz CT molecular complexity index is 1010. The highest BCUT2D eigenvalue weighted by Crippen LogP contribution is 2.43. The summed E-state index contributed by atoms with van der Waals surface area (Å²) in [7, 11) is -4.29. The molecule has 0 saturated carbocycles. The van der Waals surface area contributed by atoms with E-state index in [9.17, 15) is 14.3 Å². The Morgan fingerprint density at radius 3 is 1.65 bits per heavy atom. The molecule has 0 aromatic carbocycles. The van der Waals surface area contributed by atoms with Crippen LogP contribution in [-0.2, 0) is 27.9 Å². The van der Waals surface area contributed by atoms with Crippen LogP contribution in [0, 0.1) is 0 Å². The molecule has 3 N–H and O–H groups in total. The van der Waals surface area contributed by atoms with E-state index in [4.69, 9.17) is 24.3 Å². The maximum absolute atomic E-state index is 12.5. The molecule has 294 valence electrons. The zero-order valence-electron chi connectivity index (χ0n) is 32.3. The number of carbonyl (C=O) groups excluding carboxylic acids is 1. The van der Waals surface area contributed by atoms with Gasteiger partial charge in [0.05, 0.1) is 19.8 Å². The Kier molecular flexibility index (Phi) is 37.6. The summed E-state index contributed by atoms with van der Waals surface area (Å²) in [5.41, 5.74) is 5.35. The lowest BCUT2D eigenvalue weighted by Gasteiger charge is -2.20. The summed E-state index contributed by atoms with van der Waals surface area (Å²) >= 11 is 0. The quantitative estimate of drug-likeness (QED) is 0.0280. The van der Waals surface area contributed by atoms with Gasteiger partial charge in [0.2, 0.25) is 0 Å². The molecule has 0 aliphatic rings.